The summed E-state index contributed by atoms with van der Waals surface area (Å²) < 4.78 is 0. The Morgan fingerprint density at radius 1 is 1.31 bits per heavy atom. The number of aromatic nitrogens is 1. The van der Waals surface area contributed by atoms with Gasteiger partial charge in [-0.2, -0.15) is 0 Å². The highest BCUT2D eigenvalue weighted by Crippen LogP contribution is 2.33. The number of hydrogen-bond donors (Lipinski definition) is 2. The van der Waals surface area contributed by atoms with E-state index in [-0.39, 0.29) is 12.4 Å². The number of nitrogen functional groups attached to an aromatic ring is 1. The van der Waals surface area contributed by atoms with Crippen molar-refractivity contribution in [2.75, 3.05) is 5.43 Å². The highest BCUT2D eigenvalue weighted by Gasteiger charge is 2.09. The minimum Gasteiger partial charge on any atom is -0.323 e. The molecule has 6 heteroatoms. The summed E-state index contributed by atoms with van der Waals surface area (Å²) in [5.74, 6) is 5.42. The highest BCUT2D eigenvalue weighted by atomic mass is 35.5. The van der Waals surface area contributed by atoms with Crippen LogP contribution in [0, 0.1) is 6.92 Å². The summed E-state index contributed by atoms with van der Waals surface area (Å²) in [6, 6.07) is 5.42. The molecule has 0 aliphatic rings. The maximum Gasteiger partial charge on any atom is 0.0927 e. The van der Waals surface area contributed by atoms with Crippen molar-refractivity contribution in [3.05, 3.63) is 33.9 Å². The number of fused-ring (bicyclic) bond motifs is 1. The lowest BCUT2D eigenvalue weighted by molar-refractivity contribution is 1.24. The number of nitrogens with two attached hydrogens (primary N) is 1. The van der Waals surface area contributed by atoms with Crippen molar-refractivity contribution in [1.82, 2.24) is 4.98 Å². The Kier molecular flexibility index (Phi) is 4.21. The fourth-order valence-electron chi connectivity index (χ4n) is 1.48. The first-order valence-corrected chi connectivity index (χ1v) is 5.11. The van der Waals surface area contributed by atoms with Crippen LogP contribution in [0.2, 0.25) is 10.0 Å². The second-order valence-corrected chi connectivity index (χ2v) is 4.00. The zero-order chi connectivity index (χ0) is 11.0. The third-order valence-corrected chi connectivity index (χ3v) is 2.95. The molecular formula is C10H10Cl3N3. The Morgan fingerprint density at radius 3 is 2.62 bits per heavy atom. The van der Waals surface area contributed by atoms with Crippen molar-refractivity contribution in [3.63, 3.8) is 0 Å². The van der Waals surface area contributed by atoms with E-state index in [1.54, 1.807) is 6.07 Å². The molecule has 0 saturated carbocycles. The van der Waals surface area contributed by atoms with E-state index >= 15 is 0 Å². The quantitative estimate of drug-likeness (QED) is 0.619. The van der Waals surface area contributed by atoms with E-state index in [2.05, 4.69) is 10.4 Å². The molecule has 0 radical (unpaired) electrons. The third kappa shape index (κ3) is 2.18. The largest absolute Gasteiger partial charge is 0.323 e. The summed E-state index contributed by atoms with van der Waals surface area (Å²) in [6.07, 6.45) is 0. The van der Waals surface area contributed by atoms with Crippen LogP contribution in [0.15, 0.2) is 18.2 Å². The molecule has 0 aliphatic heterocycles. The normalized spacial score (nSPS) is 10.0. The molecular weight excluding hydrogens is 268 g/mol. The molecule has 3 nitrogen and oxygen atoms in total. The van der Waals surface area contributed by atoms with Gasteiger partial charge in [0.2, 0.25) is 0 Å². The van der Waals surface area contributed by atoms with Gasteiger partial charge in [-0.1, -0.05) is 23.2 Å². The van der Waals surface area contributed by atoms with Crippen molar-refractivity contribution in [2.24, 2.45) is 5.84 Å². The zero-order valence-corrected chi connectivity index (χ0v) is 10.7. The summed E-state index contributed by atoms with van der Waals surface area (Å²) in [7, 11) is 0. The van der Waals surface area contributed by atoms with Gasteiger partial charge in [0.25, 0.3) is 0 Å². The molecule has 16 heavy (non-hydrogen) atoms. The molecule has 2 rings (SSSR count). The summed E-state index contributed by atoms with van der Waals surface area (Å²) in [6.45, 7) is 1.87. The number of hydrazine groups is 1. The van der Waals surface area contributed by atoms with Crippen LogP contribution in [0.4, 0.5) is 5.69 Å². The Bertz CT molecular complexity index is 528. The molecule has 0 spiro atoms. The summed E-state index contributed by atoms with van der Waals surface area (Å²) in [5.41, 5.74) is 4.90. The van der Waals surface area contributed by atoms with Gasteiger partial charge < -0.3 is 5.43 Å². The molecule has 3 N–H and O–H groups in total. The average Bonchev–Trinajstić information content (AvgIpc) is 2.23. The summed E-state index contributed by atoms with van der Waals surface area (Å²) >= 11 is 12.0. The van der Waals surface area contributed by atoms with Gasteiger partial charge in [0, 0.05) is 11.1 Å². The molecule has 0 amide bonds. The maximum absolute atomic E-state index is 6.06. The fourth-order valence-corrected chi connectivity index (χ4v) is 1.84. The van der Waals surface area contributed by atoms with Crippen molar-refractivity contribution in [3.8, 4) is 0 Å². The first-order valence-electron chi connectivity index (χ1n) is 4.35. The number of nitrogens with zero attached hydrogens (tertiary/aromatic N) is 1. The van der Waals surface area contributed by atoms with E-state index in [0.29, 0.717) is 15.6 Å². The molecule has 86 valence electrons. The predicted octanol–water partition coefficient (Wildman–Crippen LogP) is 3.56. The minimum atomic E-state index is 0. The second-order valence-electron chi connectivity index (χ2n) is 3.21. The number of anilines is 1. The number of nitrogens with one attached hydrogen (secondary N) is 1. The molecule has 0 fully saturated rings. The van der Waals surface area contributed by atoms with Crippen LogP contribution in [0.1, 0.15) is 5.69 Å². The standard InChI is InChI=1S/C10H9Cl2N3.ClH/c1-5-4-8(15-13)6-2-3-7(11)9(12)10(6)14-5;/h2-4H,13H2,1H3,(H,14,15);1H. The van der Waals surface area contributed by atoms with E-state index in [4.69, 9.17) is 29.0 Å². The molecule has 0 aliphatic carbocycles. The number of halogens is 3. The van der Waals surface area contributed by atoms with Gasteiger partial charge in [0.05, 0.1) is 21.2 Å². The molecule has 1 aromatic carbocycles. The first kappa shape index (κ1) is 13.3. The van der Waals surface area contributed by atoms with Crippen molar-refractivity contribution < 1.29 is 0 Å². The van der Waals surface area contributed by atoms with Crippen LogP contribution in [-0.4, -0.2) is 4.98 Å². The lowest BCUT2D eigenvalue weighted by Gasteiger charge is -2.08. The Labute approximate surface area is 109 Å². The topological polar surface area (TPSA) is 50.9 Å². The van der Waals surface area contributed by atoms with Gasteiger partial charge in [-0.25, -0.2) is 0 Å². The van der Waals surface area contributed by atoms with E-state index in [9.17, 15) is 0 Å². The summed E-state index contributed by atoms with van der Waals surface area (Å²) in [4.78, 5) is 4.33. The van der Waals surface area contributed by atoms with Gasteiger partial charge in [-0.05, 0) is 25.1 Å². The van der Waals surface area contributed by atoms with Gasteiger partial charge in [-0.3, -0.25) is 10.8 Å². The second kappa shape index (κ2) is 5.06. The van der Waals surface area contributed by atoms with Crippen LogP contribution in [0.5, 0.6) is 0 Å². The summed E-state index contributed by atoms with van der Waals surface area (Å²) in [5, 5.41) is 1.80. The van der Waals surface area contributed by atoms with Crippen LogP contribution in [0.25, 0.3) is 10.9 Å². The minimum absolute atomic E-state index is 0. The van der Waals surface area contributed by atoms with Crippen LogP contribution >= 0.6 is 35.6 Å². The average molecular weight is 279 g/mol. The molecule has 0 atom stereocenters. The Balaban J connectivity index is 0.00000128. The number of pyridine rings is 1. The SMILES string of the molecule is Cc1cc(NN)c2ccc(Cl)c(Cl)c2n1.Cl. The van der Waals surface area contributed by atoms with Gasteiger partial charge >= 0.3 is 0 Å². The maximum atomic E-state index is 6.06. The van der Waals surface area contributed by atoms with Crippen LogP contribution < -0.4 is 11.3 Å². The lowest BCUT2D eigenvalue weighted by atomic mass is 10.1. The van der Waals surface area contributed by atoms with Crippen molar-refractivity contribution in [1.29, 1.82) is 0 Å². The zero-order valence-electron chi connectivity index (χ0n) is 8.42. The first-order chi connectivity index (χ1) is 7.13. The number of rotatable bonds is 1. The molecule has 0 saturated heterocycles. The number of hydrogen-bond acceptors (Lipinski definition) is 3. The lowest BCUT2D eigenvalue weighted by Crippen LogP contribution is -2.08. The van der Waals surface area contributed by atoms with E-state index < -0.39 is 0 Å². The Morgan fingerprint density at radius 2 is 2.00 bits per heavy atom. The highest BCUT2D eigenvalue weighted by molar-refractivity contribution is 6.45. The molecule has 1 heterocycles. The smallest absolute Gasteiger partial charge is 0.0927 e. The molecule has 0 unspecified atom stereocenters. The van der Waals surface area contributed by atoms with Crippen LogP contribution in [0.3, 0.4) is 0 Å². The number of aryl methyl sites for hydroxylation is 1. The van der Waals surface area contributed by atoms with E-state index in [1.807, 2.05) is 19.1 Å². The molecule has 0 bridgehead atoms. The van der Waals surface area contributed by atoms with E-state index in [1.165, 1.54) is 0 Å². The van der Waals surface area contributed by atoms with E-state index in [0.717, 1.165) is 16.8 Å². The van der Waals surface area contributed by atoms with Crippen molar-refractivity contribution in [2.45, 2.75) is 6.92 Å². The predicted molar refractivity (Wildman–Crippen MR) is 71.6 cm³/mol. The van der Waals surface area contributed by atoms with Gasteiger partial charge in [-0.15, -0.1) is 12.4 Å². The fraction of sp³-hybridized carbons (Fsp3) is 0.100. The van der Waals surface area contributed by atoms with Crippen LogP contribution in [-0.2, 0) is 0 Å². The monoisotopic (exact) mass is 277 g/mol. The van der Waals surface area contributed by atoms with Gasteiger partial charge in [0.1, 0.15) is 0 Å². The third-order valence-electron chi connectivity index (χ3n) is 2.16. The molecule has 2 aromatic rings. The molecule has 1 aromatic heterocycles. The van der Waals surface area contributed by atoms with Gasteiger partial charge in [0.15, 0.2) is 0 Å². The number of benzene rings is 1. The Hall–Kier alpha value is -0.740. The van der Waals surface area contributed by atoms with Crippen molar-refractivity contribution >= 4 is 52.2 Å².